The van der Waals surface area contributed by atoms with Gasteiger partial charge in [-0.2, -0.15) is 5.10 Å². The van der Waals surface area contributed by atoms with Gasteiger partial charge in [-0.3, -0.25) is 0 Å². The molecule has 0 saturated carbocycles. The Hall–Kier alpha value is -0.530. The van der Waals surface area contributed by atoms with Crippen LogP contribution in [0.25, 0.3) is 0 Å². The van der Waals surface area contributed by atoms with Crippen molar-refractivity contribution in [1.82, 2.24) is 5.43 Å². The molecule has 0 aromatic heterocycles. The van der Waals surface area contributed by atoms with Gasteiger partial charge in [-0.15, -0.1) is 0 Å². The second kappa shape index (κ2) is 4.62. The standard InChI is InChI=1S/C6H14N2/c1-4-6(3)8-7-5-2/h7H,4-5H2,1-3H3/b8-6+. The van der Waals surface area contributed by atoms with Crippen molar-refractivity contribution in [2.24, 2.45) is 5.10 Å². The first-order chi connectivity index (χ1) is 3.81. The summed E-state index contributed by atoms with van der Waals surface area (Å²) in [5.41, 5.74) is 4.05. The predicted molar refractivity (Wildman–Crippen MR) is 37.1 cm³/mol. The molecule has 0 bridgehead atoms. The van der Waals surface area contributed by atoms with Gasteiger partial charge in [0, 0.05) is 12.3 Å². The molecular weight excluding hydrogens is 100 g/mol. The Bertz CT molecular complexity index is 76.6. The summed E-state index contributed by atoms with van der Waals surface area (Å²) in [5.74, 6) is 0. The Labute approximate surface area is 51.0 Å². The number of rotatable bonds is 3. The third-order valence-corrected chi connectivity index (χ3v) is 0.940. The molecule has 0 aromatic carbocycles. The van der Waals surface area contributed by atoms with Crippen molar-refractivity contribution in [3.05, 3.63) is 0 Å². The van der Waals surface area contributed by atoms with E-state index in [1.807, 2.05) is 13.8 Å². The molecule has 0 saturated heterocycles. The molecule has 0 unspecified atom stereocenters. The number of hydrogen-bond donors (Lipinski definition) is 1. The minimum Gasteiger partial charge on any atom is -0.310 e. The van der Waals surface area contributed by atoms with Crippen LogP contribution in [0.3, 0.4) is 0 Å². The van der Waals surface area contributed by atoms with Crippen molar-refractivity contribution in [2.75, 3.05) is 6.54 Å². The van der Waals surface area contributed by atoms with E-state index < -0.39 is 0 Å². The molecule has 0 radical (unpaired) electrons. The first kappa shape index (κ1) is 7.47. The summed E-state index contributed by atoms with van der Waals surface area (Å²) < 4.78 is 0. The second-order valence-electron chi connectivity index (χ2n) is 1.71. The Morgan fingerprint density at radius 2 is 2.12 bits per heavy atom. The van der Waals surface area contributed by atoms with Gasteiger partial charge < -0.3 is 5.43 Å². The molecule has 1 N–H and O–H groups in total. The fourth-order valence-corrected chi connectivity index (χ4v) is 0.293. The zero-order chi connectivity index (χ0) is 6.41. The fourth-order valence-electron chi connectivity index (χ4n) is 0.293. The fraction of sp³-hybridized carbons (Fsp3) is 0.833. The third kappa shape index (κ3) is 3.65. The highest BCUT2D eigenvalue weighted by atomic mass is 15.3. The van der Waals surface area contributed by atoms with Crippen LogP contribution in [0.4, 0.5) is 0 Å². The highest BCUT2D eigenvalue weighted by Crippen LogP contribution is 1.79. The molecule has 2 heteroatoms. The van der Waals surface area contributed by atoms with Crippen molar-refractivity contribution in [1.29, 1.82) is 0 Å². The summed E-state index contributed by atoms with van der Waals surface area (Å²) in [6.07, 6.45) is 1.03. The van der Waals surface area contributed by atoms with E-state index >= 15 is 0 Å². The largest absolute Gasteiger partial charge is 0.310 e. The molecule has 8 heavy (non-hydrogen) atoms. The molecule has 0 fully saturated rings. The van der Waals surface area contributed by atoms with Crippen LogP contribution in [-0.2, 0) is 0 Å². The van der Waals surface area contributed by atoms with Gasteiger partial charge >= 0.3 is 0 Å². The molecule has 0 atom stereocenters. The van der Waals surface area contributed by atoms with E-state index in [-0.39, 0.29) is 0 Å². The first-order valence-corrected chi connectivity index (χ1v) is 3.07. The summed E-state index contributed by atoms with van der Waals surface area (Å²) in [7, 11) is 0. The lowest BCUT2D eigenvalue weighted by atomic mass is 10.3. The average Bonchev–Trinajstić information content (AvgIpc) is 1.83. The van der Waals surface area contributed by atoms with Gasteiger partial charge in [0.25, 0.3) is 0 Å². The van der Waals surface area contributed by atoms with Crippen molar-refractivity contribution in [3.63, 3.8) is 0 Å². The van der Waals surface area contributed by atoms with Crippen LogP contribution in [-0.4, -0.2) is 12.3 Å². The van der Waals surface area contributed by atoms with Crippen LogP contribution in [0.2, 0.25) is 0 Å². The Morgan fingerprint density at radius 3 is 2.50 bits per heavy atom. The summed E-state index contributed by atoms with van der Waals surface area (Å²) in [6, 6.07) is 0. The van der Waals surface area contributed by atoms with E-state index in [9.17, 15) is 0 Å². The third-order valence-electron chi connectivity index (χ3n) is 0.940. The summed E-state index contributed by atoms with van der Waals surface area (Å²) in [5, 5.41) is 4.03. The van der Waals surface area contributed by atoms with Gasteiger partial charge in [-0.1, -0.05) is 6.92 Å². The van der Waals surface area contributed by atoms with Crippen molar-refractivity contribution in [3.8, 4) is 0 Å². The summed E-state index contributed by atoms with van der Waals surface area (Å²) >= 11 is 0. The van der Waals surface area contributed by atoms with Gasteiger partial charge in [-0.05, 0) is 20.3 Å². The highest BCUT2D eigenvalue weighted by Gasteiger charge is 1.80. The van der Waals surface area contributed by atoms with Crippen molar-refractivity contribution < 1.29 is 0 Å². The first-order valence-electron chi connectivity index (χ1n) is 3.07. The summed E-state index contributed by atoms with van der Waals surface area (Å²) in [6.45, 7) is 7.06. The Kier molecular flexibility index (Phi) is 4.32. The zero-order valence-corrected chi connectivity index (χ0v) is 5.86. The van der Waals surface area contributed by atoms with E-state index in [2.05, 4.69) is 17.5 Å². The Morgan fingerprint density at radius 1 is 1.50 bits per heavy atom. The lowest BCUT2D eigenvalue weighted by Crippen LogP contribution is -2.06. The van der Waals surface area contributed by atoms with Gasteiger partial charge in [0.1, 0.15) is 0 Å². The van der Waals surface area contributed by atoms with Crippen LogP contribution in [0.1, 0.15) is 27.2 Å². The van der Waals surface area contributed by atoms with Gasteiger partial charge in [-0.25, -0.2) is 0 Å². The maximum Gasteiger partial charge on any atom is 0.0344 e. The minimum atomic E-state index is 0.914. The van der Waals surface area contributed by atoms with E-state index in [1.54, 1.807) is 0 Å². The molecular formula is C6H14N2. The quantitative estimate of drug-likeness (QED) is 0.435. The smallest absolute Gasteiger partial charge is 0.0344 e. The molecule has 0 aromatic rings. The van der Waals surface area contributed by atoms with Gasteiger partial charge in [0.2, 0.25) is 0 Å². The number of nitrogens with zero attached hydrogens (tertiary/aromatic N) is 1. The molecule has 0 heterocycles. The van der Waals surface area contributed by atoms with Crippen molar-refractivity contribution in [2.45, 2.75) is 27.2 Å². The van der Waals surface area contributed by atoms with Crippen LogP contribution >= 0.6 is 0 Å². The second-order valence-corrected chi connectivity index (χ2v) is 1.71. The number of hydrogen-bond acceptors (Lipinski definition) is 2. The van der Waals surface area contributed by atoms with Crippen LogP contribution in [0, 0.1) is 0 Å². The van der Waals surface area contributed by atoms with E-state index in [0.29, 0.717) is 0 Å². The minimum absolute atomic E-state index is 0.914. The van der Waals surface area contributed by atoms with E-state index in [1.165, 1.54) is 0 Å². The number of hydrazone groups is 1. The SMILES string of the molecule is CCN/N=C(\C)CC. The molecule has 2 nitrogen and oxygen atoms in total. The van der Waals surface area contributed by atoms with Crippen LogP contribution in [0.5, 0.6) is 0 Å². The molecule has 0 aliphatic rings. The molecule has 0 spiro atoms. The normalized spacial score (nSPS) is 11.6. The monoisotopic (exact) mass is 114 g/mol. The molecule has 48 valence electrons. The van der Waals surface area contributed by atoms with E-state index in [4.69, 9.17) is 0 Å². The lowest BCUT2D eigenvalue weighted by Gasteiger charge is -1.94. The van der Waals surface area contributed by atoms with E-state index in [0.717, 1.165) is 18.7 Å². The maximum atomic E-state index is 4.03. The molecule has 0 amide bonds. The topological polar surface area (TPSA) is 24.4 Å². The van der Waals surface area contributed by atoms with Crippen LogP contribution < -0.4 is 5.43 Å². The molecule has 0 rings (SSSR count). The highest BCUT2D eigenvalue weighted by molar-refractivity contribution is 5.81. The van der Waals surface area contributed by atoms with Crippen LogP contribution in [0.15, 0.2) is 5.10 Å². The number of nitrogens with one attached hydrogen (secondary N) is 1. The lowest BCUT2D eigenvalue weighted by molar-refractivity contribution is 0.778. The predicted octanol–water partition coefficient (Wildman–Crippen LogP) is 1.38. The van der Waals surface area contributed by atoms with Crippen molar-refractivity contribution >= 4 is 5.71 Å². The van der Waals surface area contributed by atoms with Gasteiger partial charge in [0.05, 0.1) is 0 Å². The molecule has 0 aliphatic heterocycles. The van der Waals surface area contributed by atoms with Gasteiger partial charge in [0.15, 0.2) is 0 Å². The Balaban J connectivity index is 3.26. The molecule has 0 aliphatic carbocycles. The summed E-state index contributed by atoms with van der Waals surface area (Å²) in [4.78, 5) is 0. The zero-order valence-electron chi connectivity index (χ0n) is 5.86. The maximum absolute atomic E-state index is 4.03. The average molecular weight is 114 g/mol.